The van der Waals surface area contributed by atoms with Crippen molar-refractivity contribution in [2.24, 2.45) is 5.92 Å². The molecule has 0 aliphatic heterocycles. The number of halogens is 1. The Morgan fingerprint density at radius 3 is 2.58 bits per heavy atom. The van der Waals surface area contributed by atoms with Crippen LogP contribution in [0.5, 0.6) is 0 Å². The Morgan fingerprint density at radius 1 is 1.25 bits per heavy atom. The van der Waals surface area contributed by atoms with E-state index in [-0.39, 0.29) is 30.9 Å². The first kappa shape index (κ1) is 18.3. The molecule has 1 fully saturated rings. The van der Waals surface area contributed by atoms with Gasteiger partial charge in [0.2, 0.25) is 5.91 Å². The van der Waals surface area contributed by atoms with E-state index in [9.17, 15) is 14.4 Å². The number of likely N-dealkylation sites (N-methyl/N-ethyl adjacent to an activating group) is 1. The van der Waals surface area contributed by atoms with E-state index in [2.05, 4.69) is 5.32 Å². The van der Waals surface area contributed by atoms with Crippen molar-refractivity contribution in [3.63, 3.8) is 0 Å². The van der Waals surface area contributed by atoms with Crippen LogP contribution in [-0.2, 0) is 19.1 Å². The molecule has 24 heavy (non-hydrogen) atoms. The van der Waals surface area contributed by atoms with Crippen molar-refractivity contribution in [3.8, 4) is 0 Å². The minimum absolute atomic E-state index is 0.0911. The molecular weight excluding hydrogens is 332 g/mol. The summed E-state index contributed by atoms with van der Waals surface area (Å²) in [6.45, 7) is -0.490. The first-order valence-corrected chi connectivity index (χ1v) is 8.30. The average molecular weight is 353 g/mol. The molecule has 130 valence electrons. The van der Waals surface area contributed by atoms with Gasteiger partial charge in [0.15, 0.2) is 6.61 Å². The molecule has 1 aliphatic carbocycles. The molecule has 1 aromatic carbocycles. The third-order valence-electron chi connectivity index (χ3n) is 3.98. The number of para-hydroxylation sites is 1. The first-order valence-electron chi connectivity index (χ1n) is 7.92. The van der Waals surface area contributed by atoms with Gasteiger partial charge in [-0.3, -0.25) is 14.4 Å². The van der Waals surface area contributed by atoms with Gasteiger partial charge in [-0.1, -0.05) is 36.6 Å². The molecule has 0 radical (unpaired) electrons. The van der Waals surface area contributed by atoms with Crippen molar-refractivity contribution in [2.45, 2.75) is 25.7 Å². The van der Waals surface area contributed by atoms with E-state index < -0.39 is 5.91 Å². The number of rotatable bonds is 6. The predicted octanol–water partition coefficient (Wildman–Crippen LogP) is 2.47. The number of hydrogen-bond acceptors (Lipinski definition) is 4. The summed E-state index contributed by atoms with van der Waals surface area (Å²) in [5, 5.41) is 3.05. The van der Waals surface area contributed by atoms with E-state index in [1.807, 2.05) is 0 Å². The Kier molecular flexibility index (Phi) is 6.61. The van der Waals surface area contributed by atoms with Crippen molar-refractivity contribution in [3.05, 3.63) is 29.3 Å². The number of carbonyl (C=O) groups excluding carboxylic acids is 3. The van der Waals surface area contributed by atoms with Crippen LogP contribution in [0.2, 0.25) is 5.02 Å². The summed E-state index contributed by atoms with van der Waals surface area (Å²) >= 11 is 5.96. The fourth-order valence-corrected chi connectivity index (χ4v) is 2.76. The van der Waals surface area contributed by atoms with Gasteiger partial charge in [0.1, 0.15) is 0 Å². The summed E-state index contributed by atoms with van der Waals surface area (Å²) in [5.74, 6) is -1.21. The van der Waals surface area contributed by atoms with Crippen molar-refractivity contribution in [2.75, 3.05) is 25.5 Å². The van der Waals surface area contributed by atoms with E-state index in [4.69, 9.17) is 16.3 Å². The molecule has 7 heteroatoms. The van der Waals surface area contributed by atoms with Crippen molar-refractivity contribution >= 4 is 35.1 Å². The smallest absolute Gasteiger partial charge is 0.309 e. The van der Waals surface area contributed by atoms with Gasteiger partial charge in [-0.05, 0) is 25.0 Å². The van der Waals surface area contributed by atoms with Gasteiger partial charge in [-0.2, -0.15) is 0 Å². The van der Waals surface area contributed by atoms with E-state index in [1.54, 1.807) is 24.3 Å². The highest BCUT2D eigenvalue weighted by molar-refractivity contribution is 6.33. The minimum Gasteiger partial charge on any atom is -0.455 e. The van der Waals surface area contributed by atoms with Crippen LogP contribution in [0.4, 0.5) is 5.69 Å². The van der Waals surface area contributed by atoms with Crippen LogP contribution in [0.1, 0.15) is 25.7 Å². The van der Waals surface area contributed by atoms with E-state index in [0.29, 0.717) is 10.7 Å². The quantitative estimate of drug-likeness (QED) is 0.798. The number of carbonyl (C=O) groups is 3. The molecule has 6 nitrogen and oxygen atoms in total. The molecule has 0 spiro atoms. The summed E-state index contributed by atoms with van der Waals surface area (Å²) in [4.78, 5) is 36.9. The molecule has 2 rings (SSSR count). The molecular formula is C17H21ClN2O4. The second-order valence-corrected chi connectivity index (χ2v) is 6.27. The summed E-state index contributed by atoms with van der Waals surface area (Å²) in [7, 11) is 1.48. The number of nitrogens with one attached hydrogen (secondary N) is 1. The normalized spacial score (nSPS) is 14.2. The summed E-state index contributed by atoms with van der Waals surface area (Å²) in [6.07, 6.45) is 3.69. The molecule has 1 saturated carbocycles. The zero-order valence-corrected chi connectivity index (χ0v) is 14.3. The van der Waals surface area contributed by atoms with Gasteiger partial charge < -0.3 is 15.0 Å². The highest BCUT2D eigenvalue weighted by atomic mass is 35.5. The van der Waals surface area contributed by atoms with Gasteiger partial charge >= 0.3 is 5.97 Å². The second-order valence-electron chi connectivity index (χ2n) is 5.87. The standard InChI is InChI=1S/C17H21ClN2O4/c1-20(10-15(21)19-14-9-5-4-8-13(14)18)16(22)11-24-17(23)12-6-2-3-7-12/h4-5,8-9,12H,2-3,6-7,10-11H2,1H3,(H,19,21). The fraction of sp³-hybridized carbons (Fsp3) is 0.471. The van der Waals surface area contributed by atoms with Crippen molar-refractivity contribution in [1.29, 1.82) is 0 Å². The van der Waals surface area contributed by atoms with E-state index in [1.165, 1.54) is 11.9 Å². The number of hydrogen-bond donors (Lipinski definition) is 1. The Balaban J connectivity index is 1.75. The van der Waals surface area contributed by atoms with Crippen LogP contribution >= 0.6 is 11.6 Å². The summed E-state index contributed by atoms with van der Waals surface area (Å²) < 4.78 is 5.04. The van der Waals surface area contributed by atoms with Crippen LogP contribution in [0.3, 0.4) is 0 Å². The topological polar surface area (TPSA) is 75.7 Å². The Labute approximate surface area is 146 Å². The molecule has 0 bridgehead atoms. The molecule has 0 aromatic heterocycles. The molecule has 0 heterocycles. The van der Waals surface area contributed by atoms with E-state index in [0.717, 1.165) is 25.7 Å². The zero-order chi connectivity index (χ0) is 17.5. The van der Waals surface area contributed by atoms with Gasteiger partial charge in [0.25, 0.3) is 5.91 Å². The van der Waals surface area contributed by atoms with Crippen LogP contribution in [0.15, 0.2) is 24.3 Å². The Hall–Kier alpha value is -2.08. The lowest BCUT2D eigenvalue weighted by Crippen LogP contribution is -2.37. The average Bonchev–Trinajstić information content (AvgIpc) is 3.09. The van der Waals surface area contributed by atoms with Gasteiger partial charge in [-0.25, -0.2) is 0 Å². The molecule has 0 saturated heterocycles. The maximum Gasteiger partial charge on any atom is 0.309 e. The maximum atomic E-state index is 12.0. The second kappa shape index (κ2) is 8.68. The Morgan fingerprint density at radius 2 is 1.92 bits per heavy atom. The monoisotopic (exact) mass is 352 g/mol. The van der Waals surface area contributed by atoms with E-state index >= 15 is 0 Å². The summed E-state index contributed by atoms with van der Waals surface area (Å²) in [6, 6.07) is 6.84. The molecule has 1 aromatic rings. The Bertz CT molecular complexity index is 614. The molecule has 1 N–H and O–H groups in total. The molecule has 1 aliphatic rings. The van der Waals surface area contributed by atoms with Crippen LogP contribution < -0.4 is 5.32 Å². The number of benzene rings is 1. The number of ether oxygens (including phenoxy) is 1. The van der Waals surface area contributed by atoms with Crippen molar-refractivity contribution < 1.29 is 19.1 Å². The van der Waals surface area contributed by atoms with Gasteiger partial charge in [0, 0.05) is 7.05 Å². The van der Waals surface area contributed by atoms with Gasteiger partial charge in [-0.15, -0.1) is 0 Å². The molecule has 0 unspecified atom stereocenters. The predicted molar refractivity (Wildman–Crippen MR) is 90.6 cm³/mol. The third kappa shape index (κ3) is 5.23. The lowest BCUT2D eigenvalue weighted by Gasteiger charge is -2.17. The zero-order valence-electron chi connectivity index (χ0n) is 13.6. The molecule has 0 atom stereocenters. The SMILES string of the molecule is CN(CC(=O)Nc1ccccc1Cl)C(=O)COC(=O)C1CCCC1. The largest absolute Gasteiger partial charge is 0.455 e. The van der Waals surface area contributed by atoms with Crippen LogP contribution in [0.25, 0.3) is 0 Å². The van der Waals surface area contributed by atoms with Gasteiger partial charge in [0.05, 0.1) is 23.2 Å². The number of esters is 1. The lowest BCUT2D eigenvalue weighted by atomic mass is 10.1. The van der Waals surface area contributed by atoms with Crippen LogP contribution in [0, 0.1) is 5.92 Å². The maximum absolute atomic E-state index is 12.0. The number of anilines is 1. The fourth-order valence-electron chi connectivity index (χ4n) is 2.58. The number of amides is 2. The molecule has 2 amide bonds. The minimum atomic E-state index is -0.421. The van der Waals surface area contributed by atoms with Crippen molar-refractivity contribution in [1.82, 2.24) is 4.90 Å². The number of nitrogens with zero attached hydrogens (tertiary/aromatic N) is 1. The first-order chi connectivity index (χ1) is 11.5. The third-order valence-corrected chi connectivity index (χ3v) is 4.31. The summed E-state index contributed by atoms with van der Waals surface area (Å²) in [5.41, 5.74) is 0.484. The van der Waals surface area contributed by atoms with Crippen LogP contribution in [-0.4, -0.2) is 42.9 Å². The highest BCUT2D eigenvalue weighted by Crippen LogP contribution is 2.25. The lowest BCUT2D eigenvalue weighted by molar-refractivity contribution is -0.155. The highest BCUT2D eigenvalue weighted by Gasteiger charge is 2.25.